The fourth-order valence-corrected chi connectivity index (χ4v) is 10.2. The van der Waals surface area contributed by atoms with Crippen LogP contribution in [-0.2, 0) is 45.9 Å². The van der Waals surface area contributed by atoms with Crippen molar-refractivity contribution in [3.05, 3.63) is 72.8 Å². The van der Waals surface area contributed by atoms with E-state index in [2.05, 4.69) is 34.4 Å². The molecule has 1 aliphatic heterocycles. The van der Waals surface area contributed by atoms with E-state index in [0.29, 0.717) is 5.56 Å². The number of benzene rings is 3. The molecule has 0 spiro atoms. The molecule has 3 aromatic carbocycles. The minimum absolute atomic E-state index is 0.0277. The number of aromatic nitrogens is 4. The molecule has 10 N–H and O–H groups in total. The predicted octanol–water partition coefficient (Wildman–Crippen LogP) is 2.28. The van der Waals surface area contributed by atoms with E-state index >= 15 is 0 Å². The third kappa shape index (κ3) is 12.1. The molecular formula is C36H44N7O17P3S. The van der Waals surface area contributed by atoms with Crippen molar-refractivity contribution >= 4 is 90.7 Å². The Bertz CT molecular complexity index is 2630. The summed E-state index contributed by atoms with van der Waals surface area (Å²) in [4.78, 5) is 89.8. The van der Waals surface area contributed by atoms with Crippen LogP contribution >= 0.6 is 35.2 Å². The number of phosphoric acid groups is 3. The Labute approximate surface area is 367 Å². The predicted molar refractivity (Wildman–Crippen MR) is 228 cm³/mol. The number of imidazole rings is 1. The van der Waals surface area contributed by atoms with E-state index in [1.165, 1.54) is 13.8 Å². The summed E-state index contributed by atoms with van der Waals surface area (Å²) in [6, 6.07) is 17.2. The largest absolute Gasteiger partial charge is 0.481 e. The van der Waals surface area contributed by atoms with Crippen LogP contribution in [0.1, 0.15) is 36.9 Å². The van der Waals surface area contributed by atoms with Crippen molar-refractivity contribution in [2.45, 2.75) is 50.9 Å². The van der Waals surface area contributed by atoms with Crippen LogP contribution in [0.5, 0.6) is 0 Å². The molecule has 6 rings (SSSR count). The van der Waals surface area contributed by atoms with Gasteiger partial charge in [0, 0.05) is 36.2 Å². The van der Waals surface area contributed by atoms with Gasteiger partial charge in [-0.25, -0.2) is 28.6 Å². The molecular weight excluding hydrogens is 927 g/mol. The number of rotatable bonds is 20. The lowest BCUT2D eigenvalue weighted by atomic mass is 9.87. The van der Waals surface area contributed by atoms with Crippen LogP contribution in [0, 0.1) is 5.41 Å². The molecule has 346 valence electrons. The number of aliphatic hydroxyl groups excluding tert-OH is 2. The number of phosphoric ester groups is 3. The van der Waals surface area contributed by atoms with Gasteiger partial charge < -0.3 is 50.9 Å². The van der Waals surface area contributed by atoms with Crippen LogP contribution in [0.3, 0.4) is 0 Å². The molecule has 64 heavy (non-hydrogen) atoms. The van der Waals surface area contributed by atoms with E-state index in [1.807, 2.05) is 54.6 Å². The number of hydrogen-bond donors (Lipinski definition) is 9. The number of aliphatic hydroxyl groups is 2. The maximum absolute atomic E-state index is 13.3. The zero-order valence-corrected chi connectivity index (χ0v) is 37.3. The van der Waals surface area contributed by atoms with Gasteiger partial charge in [-0.05, 0) is 27.6 Å². The van der Waals surface area contributed by atoms with Gasteiger partial charge in [-0.15, -0.1) is 0 Å². The van der Waals surface area contributed by atoms with Crippen molar-refractivity contribution in [2.75, 3.05) is 37.8 Å². The maximum atomic E-state index is 13.3. The first-order valence-corrected chi connectivity index (χ1v) is 24.5. The highest BCUT2D eigenvalue weighted by molar-refractivity contribution is 8.14. The first kappa shape index (κ1) is 49.2. The molecule has 7 atom stereocenters. The van der Waals surface area contributed by atoms with E-state index in [-0.39, 0.29) is 47.4 Å². The lowest BCUT2D eigenvalue weighted by Gasteiger charge is -2.30. The van der Waals surface area contributed by atoms with Crippen LogP contribution in [-0.4, -0.2) is 123 Å². The number of anilines is 1. The first-order valence-electron chi connectivity index (χ1n) is 19.0. The van der Waals surface area contributed by atoms with Crippen LogP contribution < -0.4 is 16.4 Å². The SMILES string of the molecule is CC(C)(COP(=O)(O)OP(=O)(O)OC[C@H]1O[C@@H](n2cnc3c(N)ncnc32)[C@H](O)[C@@H]1OP(=O)(O)O)C(O)C(=O)NCCC(=O)NCCSC(=O)c1c2ccccc2cc2ccccc12. The number of ether oxygens (including phenoxy) is 1. The van der Waals surface area contributed by atoms with E-state index in [4.69, 9.17) is 19.5 Å². The highest BCUT2D eigenvalue weighted by Crippen LogP contribution is 2.61. The van der Waals surface area contributed by atoms with Gasteiger partial charge in [0.1, 0.15) is 36.3 Å². The fourth-order valence-electron chi connectivity index (χ4n) is 6.58. The van der Waals surface area contributed by atoms with E-state index in [9.17, 15) is 57.9 Å². The summed E-state index contributed by atoms with van der Waals surface area (Å²) < 4.78 is 62.5. The molecule has 2 amide bonds. The van der Waals surface area contributed by atoms with Crippen molar-refractivity contribution in [1.82, 2.24) is 30.2 Å². The molecule has 28 heteroatoms. The van der Waals surface area contributed by atoms with Crippen LogP contribution in [0.15, 0.2) is 67.3 Å². The van der Waals surface area contributed by atoms with E-state index in [0.717, 1.165) is 50.5 Å². The summed E-state index contributed by atoms with van der Waals surface area (Å²) in [7, 11) is -16.4. The Morgan fingerprint density at radius 1 is 0.938 bits per heavy atom. The number of amides is 2. The zero-order valence-electron chi connectivity index (χ0n) is 33.8. The number of fused-ring (bicyclic) bond motifs is 3. The molecule has 0 radical (unpaired) electrons. The first-order chi connectivity index (χ1) is 30.1. The fraction of sp³-hybridized carbons (Fsp3) is 0.389. The summed E-state index contributed by atoms with van der Waals surface area (Å²) in [5.41, 5.74) is 4.83. The Hall–Kier alpha value is -4.26. The number of carbonyl (C=O) groups excluding carboxylic acids is 3. The summed E-state index contributed by atoms with van der Waals surface area (Å²) >= 11 is 1.05. The molecule has 24 nitrogen and oxygen atoms in total. The average molecular weight is 972 g/mol. The van der Waals surface area contributed by atoms with E-state index < -0.39 is 84.6 Å². The smallest absolute Gasteiger partial charge is 0.386 e. The van der Waals surface area contributed by atoms with Crippen molar-refractivity contribution < 1.29 is 80.5 Å². The third-order valence-corrected chi connectivity index (χ3v) is 13.7. The highest BCUT2D eigenvalue weighted by Gasteiger charge is 2.50. The van der Waals surface area contributed by atoms with Gasteiger partial charge in [-0.2, -0.15) is 4.31 Å². The summed E-state index contributed by atoms with van der Waals surface area (Å²) in [6.45, 7) is 0.399. The summed E-state index contributed by atoms with van der Waals surface area (Å²) in [5, 5.41) is 30.0. The Morgan fingerprint density at radius 3 is 2.23 bits per heavy atom. The third-order valence-electron chi connectivity index (χ3n) is 9.71. The molecule has 2 aromatic heterocycles. The summed E-state index contributed by atoms with van der Waals surface area (Å²) in [5.74, 6) is -1.22. The number of carbonyl (C=O) groups is 3. The van der Waals surface area contributed by atoms with Gasteiger partial charge in [0.05, 0.1) is 19.5 Å². The van der Waals surface area contributed by atoms with E-state index in [1.54, 1.807) is 0 Å². The molecule has 3 unspecified atom stereocenters. The van der Waals surface area contributed by atoms with Gasteiger partial charge in [0.15, 0.2) is 17.7 Å². The lowest BCUT2D eigenvalue weighted by molar-refractivity contribution is -0.137. The van der Waals surface area contributed by atoms with Crippen LogP contribution in [0.25, 0.3) is 32.7 Å². The molecule has 5 aromatic rings. The summed E-state index contributed by atoms with van der Waals surface area (Å²) in [6.07, 6.45) is -6.99. The minimum Gasteiger partial charge on any atom is -0.386 e. The van der Waals surface area contributed by atoms with Gasteiger partial charge in [0.25, 0.3) is 0 Å². The molecule has 1 fully saturated rings. The molecule has 1 saturated heterocycles. The number of nitrogens with zero attached hydrogens (tertiary/aromatic N) is 4. The quantitative estimate of drug-likeness (QED) is 0.0307. The number of nitrogen functional groups attached to an aromatic ring is 1. The average Bonchev–Trinajstić information content (AvgIpc) is 3.79. The van der Waals surface area contributed by atoms with Gasteiger partial charge >= 0.3 is 23.5 Å². The molecule has 0 aliphatic carbocycles. The number of nitrogens with one attached hydrogen (secondary N) is 2. The van der Waals surface area contributed by atoms with Crippen molar-refractivity contribution in [3.8, 4) is 0 Å². The Morgan fingerprint density at radius 2 is 1.58 bits per heavy atom. The van der Waals surface area contributed by atoms with Crippen LogP contribution in [0.4, 0.5) is 5.82 Å². The van der Waals surface area contributed by atoms with Crippen molar-refractivity contribution in [3.63, 3.8) is 0 Å². The second kappa shape index (κ2) is 20.1. The normalized spacial score (nSPS) is 20.5. The number of nitrogens with two attached hydrogens (primary N) is 1. The maximum Gasteiger partial charge on any atom is 0.481 e. The van der Waals surface area contributed by atoms with Crippen molar-refractivity contribution in [2.24, 2.45) is 5.41 Å². The second-order valence-corrected chi connectivity index (χ2v) is 20.2. The van der Waals surface area contributed by atoms with Gasteiger partial charge in [-0.3, -0.25) is 32.5 Å². The molecule has 0 bridgehead atoms. The van der Waals surface area contributed by atoms with Gasteiger partial charge in [-0.1, -0.05) is 74.1 Å². The molecule has 3 heterocycles. The standard InChI is InChI=1S/C36H44N7O17P3S/c1-36(2,30(46)33(47)39-12-11-25(44)38-13-14-64-35(48)26-22-9-5-3-7-20(22)15-21-8-4-6-10-23(21)26)17-57-63(54,55)60-62(52,53)56-16-24-29(59-61(49,50)51)28(45)34(58-24)43-19-42-27-31(37)40-18-41-32(27)43/h3-10,15,18-19,24,28-30,34,45-46H,11-14,16-17H2,1-2H3,(H,38,44)(H,39,47)(H,52,53)(H,54,55)(H2,37,40,41)(H2,49,50,51)/t24-,28-,29-,30?,34-/m1/s1. The van der Waals surface area contributed by atoms with Crippen LogP contribution in [0.2, 0.25) is 0 Å². The second-order valence-electron chi connectivity index (χ2n) is 14.9. The highest BCUT2D eigenvalue weighted by atomic mass is 32.2. The molecule has 0 saturated carbocycles. The van der Waals surface area contributed by atoms with Gasteiger partial charge in [0.2, 0.25) is 16.9 Å². The zero-order chi connectivity index (χ0) is 46.6. The number of hydrogen-bond acceptors (Lipinski definition) is 18. The Balaban J connectivity index is 0.934. The molecule has 1 aliphatic rings. The minimum atomic E-state index is -5.59. The Kier molecular flexibility index (Phi) is 15.4. The monoisotopic (exact) mass is 971 g/mol. The lowest BCUT2D eigenvalue weighted by Crippen LogP contribution is -2.46. The number of thioether (sulfide) groups is 1. The topological polar surface area (TPSA) is 364 Å². The van der Waals surface area contributed by atoms with Crippen molar-refractivity contribution in [1.29, 1.82) is 0 Å².